The SMILES string of the molecule is CCN(C(=O)[C@]12CC[C@@](C)(C(=O)O1)C2(C)C)c1cccc(C)c1. The number of ether oxygens (including phenoxy) is 1. The van der Waals surface area contributed by atoms with Gasteiger partial charge in [-0.1, -0.05) is 26.0 Å². The van der Waals surface area contributed by atoms with E-state index < -0.39 is 16.4 Å². The first-order valence-corrected chi connectivity index (χ1v) is 8.32. The number of rotatable bonds is 3. The smallest absolute Gasteiger partial charge is 0.313 e. The molecule has 4 nitrogen and oxygen atoms in total. The lowest BCUT2D eigenvalue weighted by molar-refractivity contribution is -0.167. The fourth-order valence-electron chi connectivity index (χ4n) is 4.18. The van der Waals surface area contributed by atoms with Crippen LogP contribution in [0.5, 0.6) is 0 Å². The molecule has 1 saturated heterocycles. The Kier molecular flexibility index (Phi) is 3.36. The van der Waals surface area contributed by atoms with E-state index in [1.54, 1.807) is 4.90 Å². The van der Waals surface area contributed by atoms with Gasteiger partial charge < -0.3 is 9.64 Å². The molecule has 23 heavy (non-hydrogen) atoms. The quantitative estimate of drug-likeness (QED) is 0.802. The van der Waals surface area contributed by atoms with E-state index in [4.69, 9.17) is 4.74 Å². The third-order valence-corrected chi connectivity index (χ3v) is 6.30. The van der Waals surface area contributed by atoms with E-state index in [0.717, 1.165) is 11.3 Å². The van der Waals surface area contributed by atoms with Gasteiger partial charge in [0.15, 0.2) is 5.60 Å². The predicted octanol–water partition coefficient (Wildman–Crippen LogP) is 3.47. The van der Waals surface area contributed by atoms with Crippen LogP contribution in [0.3, 0.4) is 0 Å². The Morgan fingerprint density at radius 2 is 1.96 bits per heavy atom. The molecule has 2 aliphatic rings. The Morgan fingerprint density at radius 3 is 2.43 bits per heavy atom. The van der Waals surface area contributed by atoms with Gasteiger partial charge in [-0.2, -0.15) is 0 Å². The second kappa shape index (κ2) is 4.83. The van der Waals surface area contributed by atoms with E-state index in [-0.39, 0.29) is 11.9 Å². The molecule has 0 unspecified atom stereocenters. The van der Waals surface area contributed by atoms with Gasteiger partial charge in [0, 0.05) is 17.6 Å². The van der Waals surface area contributed by atoms with Gasteiger partial charge in [-0.25, -0.2) is 0 Å². The van der Waals surface area contributed by atoms with Crippen molar-refractivity contribution in [3.63, 3.8) is 0 Å². The van der Waals surface area contributed by atoms with Crippen LogP contribution < -0.4 is 4.90 Å². The number of fused-ring (bicyclic) bond motifs is 2. The van der Waals surface area contributed by atoms with Crippen LogP contribution in [0, 0.1) is 17.8 Å². The molecule has 0 spiro atoms. The number of nitrogens with zero attached hydrogens (tertiary/aromatic N) is 1. The Morgan fingerprint density at radius 1 is 1.26 bits per heavy atom. The lowest BCUT2D eigenvalue weighted by Crippen LogP contribution is -2.55. The van der Waals surface area contributed by atoms with E-state index in [9.17, 15) is 9.59 Å². The van der Waals surface area contributed by atoms with Crippen LogP contribution >= 0.6 is 0 Å². The summed E-state index contributed by atoms with van der Waals surface area (Å²) in [4.78, 5) is 27.6. The fourth-order valence-corrected chi connectivity index (χ4v) is 4.18. The molecule has 1 heterocycles. The maximum Gasteiger partial charge on any atom is 0.313 e. The first-order valence-electron chi connectivity index (χ1n) is 8.32. The minimum absolute atomic E-state index is 0.0924. The Hall–Kier alpha value is -1.84. The normalized spacial score (nSPS) is 31.1. The molecule has 124 valence electrons. The van der Waals surface area contributed by atoms with Crippen LogP contribution in [0.1, 0.15) is 46.1 Å². The standard InChI is InChI=1S/C19H25NO3/c1-6-20(14-9-7-8-13(2)12-14)15(21)19-11-10-18(5,16(22)23-19)17(19,3)4/h7-9,12H,6,10-11H2,1-5H3/t18-,19-/m0/s1. The van der Waals surface area contributed by atoms with Crippen LogP contribution in [0.4, 0.5) is 5.69 Å². The van der Waals surface area contributed by atoms with Gasteiger partial charge in [0.1, 0.15) is 0 Å². The molecule has 1 amide bonds. The van der Waals surface area contributed by atoms with Crippen molar-refractivity contribution in [2.45, 2.75) is 53.1 Å². The molecule has 2 atom stereocenters. The van der Waals surface area contributed by atoms with Crippen LogP contribution in [0.25, 0.3) is 0 Å². The van der Waals surface area contributed by atoms with Crippen molar-refractivity contribution in [1.82, 2.24) is 0 Å². The van der Waals surface area contributed by atoms with E-state index in [2.05, 4.69) is 0 Å². The summed E-state index contributed by atoms with van der Waals surface area (Å²) in [6, 6.07) is 7.88. The highest BCUT2D eigenvalue weighted by molar-refractivity contribution is 6.04. The summed E-state index contributed by atoms with van der Waals surface area (Å²) >= 11 is 0. The fraction of sp³-hybridized carbons (Fsp3) is 0.579. The van der Waals surface area contributed by atoms with Crippen LogP contribution in [-0.2, 0) is 14.3 Å². The zero-order valence-electron chi connectivity index (χ0n) is 14.6. The molecule has 1 aromatic rings. The molecule has 3 rings (SSSR count). The van der Waals surface area contributed by atoms with Crippen molar-refractivity contribution >= 4 is 17.6 Å². The van der Waals surface area contributed by atoms with Crippen molar-refractivity contribution in [1.29, 1.82) is 0 Å². The maximum absolute atomic E-state index is 13.4. The largest absolute Gasteiger partial charge is 0.448 e. The molecule has 0 radical (unpaired) electrons. The molecule has 0 aromatic heterocycles. The summed E-state index contributed by atoms with van der Waals surface area (Å²) in [5, 5.41) is 0. The number of amides is 1. The summed E-state index contributed by atoms with van der Waals surface area (Å²) in [5.41, 5.74) is -0.164. The number of carbonyl (C=O) groups is 2. The average Bonchev–Trinajstić information content (AvgIpc) is 2.78. The predicted molar refractivity (Wildman–Crippen MR) is 89.2 cm³/mol. The zero-order chi connectivity index (χ0) is 17.0. The first kappa shape index (κ1) is 16.0. The number of benzene rings is 1. The monoisotopic (exact) mass is 315 g/mol. The Balaban J connectivity index is 2.04. The number of hydrogen-bond acceptors (Lipinski definition) is 3. The number of hydrogen-bond donors (Lipinski definition) is 0. The van der Waals surface area contributed by atoms with Gasteiger partial charge in [-0.05, 0) is 51.3 Å². The van der Waals surface area contributed by atoms with Crippen LogP contribution in [0.15, 0.2) is 24.3 Å². The second-order valence-electron chi connectivity index (χ2n) is 7.56. The molecule has 1 aromatic carbocycles. The van der Waals surface area contributed by atoms with E-state index in [0.29, 0.717) is 19.4 Å². The van der Waals surface area contributed by atoms with Gasteiger partial charge in [0.2, 0.25) is 0 Å². The molecule has 1 saturated carbocycles. The minimum Gasteiger partial charge on any atom is -0.448 e. The molecule has 2 fully saturated rings. The van der Waals surface area contributed by atoms with Crippen molar-refractivity contribution in [2.75, 3.05) is 11.4 Å². The number of likely N-dealkylation sites (N-methyl/N-ethyl adjacent to an activating group) is 1. The van der Waals surface area contributed by atoms with E-state index in [1.165, 1.54) is 0 Å². The van der Waals surface area contributed by atoms with Gasteiger partial charge >= 0.3 is 5.97 Å². The van der Waals surface area contributed by atoms with Gasteiger partial charge in [-0.3, -0.25) is 9.59 Å². The third kappa shape index (κ3) is 1.84. The topological polar surface area (TPSA) is 46.6 Å². The molecule has 1 aliphatic heterocycles. The molecule has 2 bridgehead atoms. The molecular formula is C19H25NO3. The third-order valence-electron chi connectivity index (χ3n) is 6.30. The van der Waals surface area contributed by atoms with Crippen molar-refractivity contribution in [3.8, 4) is 0 Å². The van der Waals surface area contributed by atoms with Gasteiger partial charge in [0.05, 0.1) is 5.41 Å². The van der Waals surface area contributed by atoms with Crippen LogP contribution in [-0.4, -0.2) is 24.0 Å². The van der Waals surface area contributed by atoms with Crippen LogP contribution in [0.2, 0.25) is 0 Å². The number of esters is 1. The second-order valence-corrected chi connectivity index (χ2v) is 7.56. The Labute approximate surface area is 137 Å². The molecule has 4 heteroatoms. The number of anilines is 1. The maximum atomic E-state index is 13.4. The Bertz CT molecular complexity index is 681. The summed E-state index contributed by atoms with van der Waals surface area (Å²) in [6.45, 7) is 10.4. The van der Waals surface area contributed by atoms with Crippen molar-refractivity contribution in [2.24, 2.45) is 10.8 Å². The van der Waals surface area contributed by atoms with Gasteiger partial charge in [0.25, 0.3) is 5.91 Å². The highest BCUT2D eigenvalue weighted by Gasteiger charge is 2.76. The number of aryl methyl sites for hydroxylation is 1. The molecule has 0 N–H and O–H groups in total. The number of carbonyl (C=O) groups excluding carboxylic acids is 2. The summed E-state index contributed by atoms with van der Waals surface area (Å²) in [7, 11) is 0. The van der Waals surface area contributed by atoms with Crippen molar-refractivity contribution in [3.05, 3.63) is 29.8 Å². The minimum atomic E-state index is -1.04. The lowest BCUT2D eigenvalue weighted by atomic mass is 9.66. The van der Waals surface area contributed by atoms with E-state index >= 15 is 0 Å². The highest BCUT2D eigenvalue weighted by atomic mass is 16.6. The summed E-state index contributed by atoms with van der Waals surface area (Å²) in [5.74, 6) is -0.326. The molecular weight excluding hydrogens is 290 g/mol. The highest BCUT2D eigenvalue weighted by Crippen LogP contribution is 2.66. The summed E-state index contributed by atoms with van der Waals surface area (Å²) < 4.78 is 5.73. The average molecular weight is 315 g/mol. The first-order chi connectivity index (χ1) is 10.7. The zero-order valence-corrected chi connectivity index (χ0v) is 14.6. The van der Waals surface area contributed by atoms with Gasteiger partial charge in [-0.15, -0.1) is 0 Å². The van der Waals surface area contributed by atoms with Crippen molar-refractivity contribution < 1.29 is 14.3 Å². The summed E-state index contributed by atoms with van der Waals surface area (Å²) in [6.07, 6.45) is 1.30. The lowest BCUT2D eigenvalue weighted by Gasteiger charge is -2.38. The molecule has 1 aliphatic carbocycles. The van der Waals surface area contributed by atoms with E-state index in [1.807, 2.05) is 58.9 Å².